The van der Waals surface area contributed by atoms with Crippen LogP contribution in [0, 0.1) is 17.1 Å². The molecule has 0 unspecified atom stereocenters. The van der Waals surface area contributed by atoms with E-state index in [4.69, 9.17) is 5.26 Å². The highest BCUT2D eigenvalue weighted by Crippen LogP contribution is 2.33. The molecule has 0 saturated carbocycles. The SMILES string of the molecule is N#Cc1cc2cc(CN3CCC(Nc4ncnc5sc(CC(F)(F)F)cc45)CC3)cc(F)c2[nH]1. The van der Waals surface area contributed by atoms with Crippen molar-refractivity contribution in [3.8, 4) is 6.07 Å². The highest BCUT2D eigenvalue weighted by molar-refractivity contribution is 7.18. The average Bonchev–Trinajstić information content (AvgIpc) is 3.38. The first-order valence-electron chi connectivity index (χ1n) is 10.8. The molecule has 5 rings (SSSR count). The molecule has 0 atom stereocenters. The van der Waals surface area contributed by atoms with Crippen molar-refractivity contribution in [1.82, 2.24) is 19.9 Å². The molecule has 0 bridgehead atoms. The van der Waals surface area contributed by atoms with Crippen molar-refractivity contribution in [2.24, 2.45) is 0 Å². The molecule has 4 heterocycles. The van der Waals surface area contributed by atoms with E-state index in [0.29, 0.717) is 39.2 Å². The lowest BCUT2D eigenvalue weighted by atomic mass is 10.0. The number of halogens is 4. The van der Waals surface area contributed by atoms with Crippen LogP contribution in [0.5, 0.6) is 0 Å². The molecule has 0 aliphatic carbocycles. The third kappa shape index (κ3) is 4.83. The van der Waals surface area contributed by atoms with Crippen LogP contribution in [0.2, 0.25) is 0 Å². The van der Waals surface area contributed by atoms with E-state index in [1.54, 1.807) is 6.07 Å². The second kappa shape index (κ2) is 8.85. The van der Waals surface area contributed by atoms with E-state index < -0.39 is 12.6 Å². The molecular formula is C23H20F4N6S. The fourth-order valence-corrected chi connectivity index (χ4v) is 5.43. The van der Waals surface area contributed by atoms with E-state index in [9.17, 15) is 17.6 Å². The second-order valence-electron chi connectivity index (χ2n) is 8.48. The van der Waals surface area contributed by atoms with Gasteiger partial charge in [-0.2, -0.15) is 18.4 Å². The Morgan fingerprint density at radius 3 is 2.71 bits per heavy atom. The lowest BCUT2D eigenvalue weighted by molar-refractivity contribution is -0.126. The van der Waals surface area contributed by atoms with Gasteiger partial charge in [-0.05, 0) is 42.7 Å². The standard InChI is InChI=1S/C23H20F4N6S/c24-19-6-13(5-14-7-16(10-28)31-20(14)19)11-33-3-1-15(2-4-33)32-21-18-8-17(9-23(25,26)27)34-22(18)30-12-29-21/h5-8,12,15,31H,1-4,9,11H2,(H,29,30,32). The summed E-state index contributed by atoms with van der Waals surface area (Å²) in [5.41, 5.74) is 1.51. The second-order valence-corrected chi connectivity index (χ2v) is 9.59. The molecule has 1 fully saturated rings. The highest BCUT2D eigenvalue weighted by atomic mass is 32.1. The van der Waals surface area contributed by atoms with Crippen LogP contribution in [0.4, 0.5) is 23.4 Å². The molecule has 6 nitrogen and oxygen atoms in total. The summed E-state index contributed by atoms with van der Waals surface area (Å²) in [6.45, 7) is 2.16. The number of likely N-dealkylation sites (tertiary alicyclic amines) is 1. The summed E-state index contributed by atoms with van der Waals surface area (Å²) in [5, 5.41) is 13.7. The Bertz CT molecular complexity index is 1380. The van der Waals surface area contributed by atoms with Crippen LogP contribution in [0.3, 0.4) is 0 Å². The topological polar surface area (TPSA) is 80.6 Å². The van der Waals surface area contributed by atoms with Gasteiger partial charge in [0.25, 0.3) is 0 Å². The number of benzene rings is 1. The summed E-state index contributed by atoms with van der Waals surface area (Å²) >= 11 is 1.04. The zero-order valence-electron chi connectivity index (χ0n) is 17.9. The van der Waals surface area contributed by atoms with Crippen LogP contribution in [-0.4, -0.2) is 45.2 Å². The van der Waals surface area contributed by atoms with E-state index in [0.717, 1.165) is 42.8 Å². The van der Waals surface area contributed by atoms with Gasteiger partial charge in [-0.25, -0.2) is 14.4 Å². The van der Waals surface area contributed by atoms with Crippen molar-refractivity contribution in [1.29, 1.82) is 5.26 Å². The third-order valence-corrected chi connectivity index (χ3v) is 6.99. The lowest BCUT2D eigenvalue weighted by Crippen LogP contribution is -2.38. The van der Waals surface area contributed by atoms with E-state index in [1.807, 2.05) is 12.1 Å². The molecular weight excluding hydrogens is 468 g/mol. The zero-order valence-corrected chi connectivity index (χ0v) is 18.7. The van der Waals surface area contributed by atoms with Crippen LogP contribution in [-0.2, 0) is 13.0 Å². The van der Waals surface area contributed by atoms with Crippen molar-refractivity contribution in [2.45, 2.75) is 38.0 Å². The van der Waals surface area contributed by atoms with Gasteiger partial charge < -0.3 is 10.3 Å². The number of aromatic nitrogens is 3. The molecule has 0 spiro atoms. The first-order chi connectivity index (χ1) is 16.3. The van der Waals surface area contributed by atoms with E-state index in [2.05, 4.69) is 25.2 Å². The minimum Gasteiger partial charge on any atom is -0.367 e. The maximum atomic E-state index is 14.4. The number of nitrogens with one attached hydrogen (secondary N) is 2. The molecule has 2 N–H and O–H groups in total. The van der Waals surface area contributed by atoms with Crippen LogP contribution in [0.15, 0.2) is 30.6 Å². The Hall–Kier alpha value is -3.23. The summed E-state index contributed by atoms with van der Waals surface area (Å²) in [6, 6.07) is 8.68. The molecule has 4 aromatic rings. The predicted octanol–water partition coefficient (Wildman–Crippen LogP) is 5.36. The number of aromatic amines is 1. The van der Waals surface area contributed by atoms with Gasteiger partial charge in [0, 0.05) is 35.9 Å². The van der Waals surface area contributed by atoms with E-state index in [-0.39, 0.29) is 16.7 Å². The third-order valence-electron chi connectivity index (χ3n) is 5.95. The largest absolute Gasteiger partial charge is 0.393 e. The van der Waals surface area contributed by atoms with Gasteiger partial charge in [0.2, 0.25) is 0 Å². The van der Waals surface area contributed by atoms with Crippen molar-refractivity contribution in [3.05, 3.63) is 52.5 Å². The minimum absolute atomic E-state index is 0.127. The zero-order chi connectivity index (χ0) is 23.9. The molecule has 34 heavy (non-hydrogen) atoms. The minimum atomic E-state index is -4.26. The molecule has 1 aliphatic heterocycles. The number of fused-ring (bicyclic) bond motifs is 2. The molecule has 1 aliphatic rings. The molecule has 1 saturated heterocycles. The quantitative estimate of drug-likeness (QED) is 0.370. The van der Waals surface area contributed by atoms with Crippen molar-refractivity contribution in [2.75, 3.05) is 18.4 Å². The predicted molar refractivity (Wildman–Crippen MR) is 122 cm³/mol. The summed E-state index contributed by atoms with van der Waals surface area (Å²) in [5.74, 6) is 0.181. The summed E-state index contributed by atoms with van der Waals surface area (Å²) in [7, 11) is 0. The first kappa shape index (κ1) is 22.6. The number of nitrogens with zero attached hydrogens (tertiary/aromatic N) is 4. The van der Waals surface area contributed by atoms with Gasteiger partial charge in [0.15, 0.2) is 0 Å². The van der Waals surface area contributed by atoms with Crippen molar-refractivity contribution in [3.63, 3.8) is 0 Å². The monoisotopic (exact) mass is 488 g/mol. The molecule has 176 valence electrons. The number of hydrogen-bond acceptors (Lipinski definition) is 6. The Morgan fingerprint density at radius 1 is 1.18 bits per heavy atom. The fraction of sp³-hybridized carbons (Fsp3) is 0.348. The van der Waals surface area contributed by atoms with Crippen LogP contribution in [0.25, 0.3) is 21.1 Å². The number of H-pyrrole nitrogens is 1. The molecule has 3 aromatic heterocycles. The molecule has 0 amide bonds. The summed E-state index contributed by atoms with van der Waals surface area (Å²) in [6.07, 6.45) is -2.23. The normalized spacial score (nSPS) is 15.7. The Labute approximate surface area is 196 Å². The Balaban J connectivity index is 1.23. The van der Waals surface area contributed by atoms with Gasteiger partial charge in [-0.3, -0.25) is 4.90 Å². The first-order valence-corrected chi connectivity index (χ1v) is 11.6. The fourth-order valence-electron chi connectivity index (χ4n) is 4.40. The lowest BCUT2D eigenvalue weighted by Gasteiger charge is -2.32. The van der Waals surface area contributed by atoms with Gasteiger partial charge in [0.1, 0.15) is 34.6 Å². The molecule has 1 aromatic carbocycles. The van der Waals surface area contributed by atoms with Gasteiger partial charge in [0.05, 0.1) is 17.3 Å². The van der Waals surface area contributed by atoms with Crippen molar-refractivity contribution >= 4 is 38.3 Å². The van der Waals surface area contributed by atoms with Gasteiger partial charge in [-0.15, -0.1) is 11.3 Å². The summed E-state index contributed by atoms with van der Waals surface area (Å²) < 4.78 is 52.7. The number of piperidine rings is 1. The number of hydrogen-bond donors (Lipinski definition) is 2. The highest BCUT2D eigenvalue weighted by Gasteiger charge is 2.29. The number of alkyl halides is 3. The van der Waals surface area contributed by atoms with Crippen LogP contribution >= 0.6 is 11.3 Å². The van der Waals surface area contributed by atoms with Crippen LogP contribution in [0.1, 0.15) is 29.0 Å². The molecule has 11 heteroatoms. The van der Waals surface area contributed by atoms with E-state index >= 15 is 0 Å². The molecule has 0 radical (unpaired) electrons. The van der Waals surface area contributed by atoms with Crippen LogP contribution < -0.4 is 5.32 Å². The number of nitriles is 1. The van der Waals surface area contributed by atoms with Gasteiger partial charge >= 0.3 is 6.18 Å². The number of anilines is 1. The Morgan fingerprint density at radius 2 is 1.97 bits per heavy atom. The maximum absolute atomic E-state index is 14.4. The summed E-state index contributed by atoms with van der Waals surface area (Å²) in [4.78, 5) is 14.2. The average molecular weight is 489 g/mol. The van der Waals surface area contributed by atoms with E-state index in [1.165, 1.54) is 18.5 Å². The Kier molecular flexibility index (Phi) is 5.87. The van der Waals surface area contributed by atoms with Crippen molar-refractivity contribution < 1.29 is 17.6 Å². The number of rotatable bonds is 5. The van der Waals surface area contributed by atoms with Gasteiger partial charge in [-0.1, -0.05) is 0 Å². The smallest absolute Gasteiger partial charge is 0.367 e. The maximum Gasteiger partial charge on any atom is 0.393 e. The number of thiophene rings is 1.